The van der Waals surface area contributed by atoms with Gasteiger partial charge in [0.05, 0.1) is 11.0 Å². The topological polar surface area (TPSA) is 77.8 Å². The van der Waals surface area contributed by atoms with Gasteiger partial charge in [-0.2, -0.15) is 0 Å². The molecule has 0 bridgehead atoms. The number of rotatable bonds is 9. The summed E-state index contributed by atoms with van der Waals surface area (Å²) in [6.45, 7) is 7.67. The maximum atomic E-state index is 11.7. The van der Waals surface area contributed by atoms with E-state index >= 15 is 0 Å². The van der Waals surface area contributed by atoms with E-state index in [0.717, 1.165) is 54.5 Å². The number of benzene rings is 1. The molecule has 31 heavy (non-hydrogen) atoms. The lowest BCUT2D eigenvalue weighted by Crippen LogP contribution is -2.18. The fourth-order valence-corrected chi connectivity index (χ4v) is 4.78. The first kappa shape index (κ1) is 25.3. The summed E-state index contributed by atoms with van der Waals surface area (Å²) >= 11 is 1.62. The highest BCUT2D eigenvalue weighted by Crippen LogP contribution is 2.32. The molecule has 0 saturated heterocycles. The molecule has 1 fully saturated rings. The smallest absolute Gasteiger partial charge is 0.140 e. The molecule has 1 heterocycles. The second-order valence-electron chi connectivity index (χ2n) is 8.19. The van der Waals surface area contributed by atoms with Gasteiger partial charge in [-0.25, -0.2) is 0 Å². The Labute approximate surface area is 190 Å². The molecule has 0 spiro atoms. The lowest BCUT2D eigenvalue weighted by Gasteiger charge is -2.18. The van der Waals surface area contributed by atoms with E-state index < -0.39 is 12.2 Å². The van der Waals surface area contributed by atoms with Crippen LogP contribution in [0.2, 0.25) is 0 Å². The van der Waals surface area contributed by atoms with E-state index in [1.807, 2.05) is 36.4 Å². The molecular weight excluding hydrogens is 408 g/mol. The minimum Gasteiger partial charge on any atom is -0.507 e. The number of carbonyl (C=O) groups is 1. The number of unbranched alkanes of at least 4 members (excludes halogenated alkanes) is 1. The molecule has 1 aliphatic rings. The van der Waals surface area contributed by atoms with E-state index in [0.29, 0.717) is 18.6 Å². The van der Waals surface area contributed by atoms with Crippen molar-refractivity contribution in [2.24, 2.45) is 0 Å². The molecule has 1 aromatic carbocycles. The van der Waals surface area contributed by atoms with Gasteiger partial charge < -0.3 is 15.3 Å². The lowest BCUT2D eigenvalue weighted by atomic mass is 9.93. The van der Waals surface area contributed by atoms with Crippen molar-refractivity contribution in [2.45, 2.75) is 83.3 Å². The molecule has 5 heteroatoms. The van der Waals surface area contributed by atoms with Crippen LogP contribution in [0.5, 0.6) is 0 Å². The van der Waals surface area contributed by atoms with Crippen molar-refractivity contribution in [3.8, 4) is 0 Å². The number of hydrogen-bond acceptors (Lipinski definition) is 5. The molecule has 3 rings (SSSR count). The van der Waals surface area contributed by atoms with Gasteiger partial charge in [-0.05, 0) is 48.9 Å². The Morgan fingerprint density at radius 3 is 2.35 bits per heavy atom. The third kappa shape index (κ3) is 7.60. The van der Waals surface area contributed by atoms with E-state index in [9.17, 15) is 15.0 Å². The molecule has 0 aliphatic heterocycles. The molecule has 3 unspecified atom stereocenters. The van der Waals surface area contributed by atoms with Gasteiger partial charge in [0, 0.05) is 17.2 Å². The average Bonchev–Trinajstić information content (AvgIpc) is 3.41. The molecule has 1 aliphatic carbocycles. The number of Topliss-reactive ketones (excluding diaryl/α,β-unsaturated/α-hetero) is 1. The van der Waals surface area contributed by atoms with Gasteiger partial charge in [-0.1, -0.05) is 64.0 Å². The molecular formula is C26H36O4S. The maximum absolute atomic E-state index is 11.7. The van der Waals surface area contributed by atoms with Crippen molar-refractivity contribution >= 4 is 22.9 Å². The molecule has 0 radical (unpaired) electrons. The maximum Gasteiger partial charge on any atom is 0.140 e. The molecule has 3 atom stereocenters. The zero-order chi connectivity index (χ0) is 22.8. The number of aliphatic hydroxyl groups is 3. The SMILES string of the molecule is C=C(O)c1ccc(CCC)s1.CCCCC(O)C(O)c1ccc(C2CCCC2=O)cc1. The van der Waals surface area contributed by atoms with Gasteiger partial charge in [0.2, 0.25) is 0 Å². The van der Waals surface area contributed by atoms with E-state index in [1.54, 1.807) is 11.3 Å². The van der Waals surface area contributed by atoms with Gasteiger partial charge in [0.15, 0.2) is 0 Å². The number of carbonyl (C=O) groups excluding carboxylic acids is 1. The zero-order valence-electron chi connectivity index (χ0n) is 18.7. The summed E-state index contributed by atoms with van der Waals surface area (Å²) in [5, 5.41) is 29.0. The fraction of sp³-hybridized carbons (Fsp3) is 0.500. The Kier molecular flexibility index (Phi) is 10.4. The molecule has 2 aromatic rings. The van der Waals surface area contributed by atoms with Crippen LogP contribution >= 0.6 is 11.3 Å². The third-order valence-corrected chi connectivity index (χ3v) is 6.84. The second-order valence-corrected chi connectivity index (χ2v) is 9.36. The van der Waals surface area contributed by atoms with Crippen LogP contribution in [-0.4, -0.2) is 27.2 Å². The quantitative estimate of drug-likeness (QED) is 0.395. The van der Waals surface area contributed by atoms with Crippen LogP contribution in [0.3, 0.4) is 0 Å². The van der Waals surface area contributed by atoms with Gasteiger partial charge in [-0.3, -0.25) is 4.79 Å². The van der Waals surface area contributed by atoms with Gasteiger partial charge in [-0.15, -0.1) is 11.3 Å². The first-order valence-electron chi connectivity index (χ1n) is 11.3. The largest absolute Gasteiger partial charge is 0.507 e. The van der Waals surface area contributed by atoms with Gasteiger partial charge in [0.25, 0.3) is 0 Å². The Balaban J connectivity index is 0.000000262. The van der Waals surface area contributed by atoms with Gasteiger partial charge in [0.1, 0.15) is 17.6 Å². The zero-order valence-corrected chi connectivity index (χ0v) is 19.5. The van der Waals surface area contributed by atoms with Crippen LogP contribution in [0.4, 0.5) is 0 Å². The predicted molar refractivity (Wildman–Crippen MR) is 129 cm³/mol. The normalized spacial score (nSPS) is 17.7. The summed E-state index contributed by atoms with van der Waals surface area (Å²) in [5.41, 5.74) is 1.76. The van der Waals surface area contributed by atoms with Crippen LogP contribution in [0.25, 0.3) is 5.76 Å². The highest BCUT2D eigenvalue weighted by Gasteiger charge is 2.26. The van der Waals surface area contributed by atoms with Crippen LogP contribution < -0.4 is 0 Å². The van der Waals surface area contributed by atoms with Crippen molar-refractivity contribution in [2.75, 3.05) is 0 Å². The van der Waals surface area contributed by atoms with Crippen molar-refractivity contribution < 1.29 is 20.1 Å². The van der Waals surface area contributed by atoms with Crippen molar-refractivity contribution in [1.82, 2.24) is 0 Å². The van der Waals surface area contributed by atoms with Gasteiger partial charge >= 0.3 is 0 Å². The molecule has 170 valence electrons. The third-order valence-electron chi connectivity index (χ3n) is 5.65. The molecule has 0 amide bonds. The van der Waals surface area contributed by atoms with Crippen LogP contribution in [0.1, 0.15) is 91.7 Å². The van der Waals surface area contributed by atoms with Crippen LogP contribution in [0.15, 0.2) is 43.0 Å². The van der Waals surface area contributed by atoms with E-state index in [-0.39, 0.29) is 11.7 Å². The molecule has 3 N–H and O–H groups in total. The number of hydrogen-bond donors (Lipinski definition) is 3. The lowest BCUT2D eigenvalue weighted by molar-refractivity contribution is -0.118. The average molecular weight is 445 g/mol. The molecule has 1 saturated carbocycles. The summed E-state index contributed by atoms with van der Waals surface area (Å²) < 4.78 is 0. The number of ketones is 1. The van der Waals surface area contributed by atoms with Crippen molar-refractivity contribution in [3.05, 3.63) is 63.9 Å². The fourth-order valence-electron chi connectivity index (χ4n) is 3.80. The molecule has 4 nitrogen and oxygen atoms in total. The van der Waals surface area contributed by atoms with Crippen LogP contribution in [-0.2, 0) is 11.2 Å². The van der Waals surface area contributed by atoms with Crippen molar-refractivity contribution in [1.29, 1.82) is 0 Å². The molecule has 1 aromatic heterocycles. The first-order valence-corrected chi connectivity index (χ1v) is 12.1. The minimum absolute atomic E-state index is 0.0335. The van der Waals surface area contributed by atoms with E-state index in [2.05, 4.69) is 20.4 Å². The minimum atomic E-state index is -0.838. The van der Waals surface area contributed by atoms with Crippen LogP contribution in [0, 0.1) is 0 Å². The highest BCUT2D eigenvalue weighted by atomic mass is 32.1. The first-order chi connectivity index (χ1) is 14.9. The Bertz CT molecular complexity index is 824. The number of aryl methyl sites for hydroxylation is 1. The summed E-state index contributed by atoms with van der Waals surface area (Å²) in [6.07, 6.45) is 5.81. The Morgan fingerprint density at radius 2 is 1.84 bits per heavy atom. The Morgan fingerprint density at radius 1 is 1.13 bits per heavy atom. The predicted octanol–water partition coefficient (Wildman–Crippen LogP) is 6.34. The second kappa shape index (κ2) is 12.8. The summed E-state index contributed by atoms with van der Waals surface area (Å²) in [7, 11) is 0. The summed E-state index contributed by atoms with van der Waals surface area (Å²) in [4.78, 5) is 13.9. The highest BCUT2D eigenvalue weighted by molar-refractivity contribution is 7.13. The standard InChI is InChI=1S/C17H24O3.C9H12OS/c1-2-3-6-16(19)17(20)13-10-8-12(9-11-13)14-5-4-7-15(14)18;1-3-4-8-5-6-9(11-8)7(2)10/h8-11,14,16-17,19-20H,2-7H2,1H3;5-6,10H,2-4H2,1H3. The number of thiophene rings is 1. The monoisotopic (exact) mass is 444 g/mol. The van der Waals surface area contributed by atoms with E-state index in [1.165, 1.54) is 4.88 Å². The summed E-state index contributed by atoms with van der Waals surface area (Å²) in [5.74, 6) is 0.532. The Hall–Kier alpha value is -1.95. The van der Waals surface area contributed by atoms with Crippen molar-refractivity contribution in [3.63, 3.8) is 0 Å². The summed E-state index contributed by atoms with van der Waals surface area (Å²) in [6, 6.07) is 11.5. The van der Waals surface area contributed by atoms with E-state index in [4.69, 9.17) is 5.11 Å². The number of aliphatic hydroxyl groups excluding tert-OH is 3.